The minimum Gasteiger partial charge on any atom is -0.476 e. The van der Waals surface area contributed by atoms with E-state index in [0.717, 1.165) is 16.0 Å². The first-order valence-corrected chi connectivity index (χ1v) is 13.3. The Morgan fingerprint density at radius 3 is 2.45 bits per heavy atom. The topological polar surface area (TPSA) is 125 Å². The second-order valence-electron chi connectivity index (χ2n) is 9.33. The number of aromatic nitrogens is 3. The van der Waals surface area contributed by atoms with Gasteiger partial charge in [-0.25, -0.2) is 19.7 Å². The normalized spacial score (nSPS) is 14.7. The van der Waals surface area contributed by atoms with Crippen molar-refractivity contribution in [3.63, 3.8) is 0 Å². The molecule has 1 fully saturated rings. The molecule has 0 spiro atoms. The number of pyridine rings is 1. The SMILES string of the molecule is Cc1cnc(N2CCN(c3oc4c(C(C)Nc5ccc(Cl)nc5C(=O)O)c(C)sc4c(=O)c3C)CC2)nc1. The molecule has 0 aliphatic carbocycles. The standard InChI is InChI=1S/C26H27ClN6O4S/c1-13-11-28-26(29-12-13)33-9-7-32(8-10-33)24-14(2)21(34)23-22(37-24)19(16(4)38-23)15(3)30-17-5-6-18(27)31-20(17)25(35)36/h5-6,11-12,15,30H,7-10H2,1-4H3,(H,35,36). The van der Waals surface area contributed by atoms with Gasteiger partial charge < -0.3 is 24.6 Å². The van der Waals surface area contributed by atoms with Gasteiger partial charge in [0, 0.05) is 49.0 Å². The van der Waals surface area contributed by atoms with E-state index < -0.39 is 5.97 Å². The van der Waals surface area contributed by atoms with E-state index in [9.17, 15) is 14.7 Å². The van der Waals surface area contributed by atoms with E-state index in [1.165, 1.54) is 17.4 Å². The van der Waals surface area contributed by atoms with Crippen LogP contribution in [0.25, 0.3) is 10.3 Å². The molecule has 1 aliphatic heterocycles. The number of nitrogens with one attached hydrogen (secondary N) is 1. The lowest BCUT2D eigenvalue weighted by atomic mass is 10.1. The Morgan fingerprint density at radius 1 is 1.13 bits per heavy atom. The van der Waals surface area contributed by atoms with Crippen LogP contribution in [-0.4, -0.2) is 52.2 Å². The van der Waals surface area contributed by atoms with E-state index >= 15 is 0 Å². The van der Waals surface area contributed by atoms with E-state index in [4.69, 9.17) is 16.0 Å². The van der Waals surface area contributed by atoms with E-state index in [-0.39, 0.29) is 22.3 Å². The maximum absolute atomic E-state index is 13.4. The molecule has 5 heterocycles. The Bertz CT molecular complexity index is 1580. The quantitative estimate of drug-likeness (QED) is 0.320. The summed E-state index contributed by atoms with van der Waals surface area (Å²) in [7, 11) is 0. The number of anilines is 3. The number of halogens is 1. The number of nitrogens with zero attached hydrogens (tertiary/aromatic N) is 5. The summed E-state index contributed by atoms with van der Waals surface area (Å²) in [6.45, 7) is 10.3. The van der Waals surface area contributed by atoms with Gasteiger partial charge in [-0.05, 0) is 45.4 Å². The summed E-state index contributed by atoms with van der Waals surface area (Å²) >= 11 is 7.29. The zero-order valence-electron chi connectivity index (χ0n) is 21.4. The van der Waals surface area contributed by atoms with Crippen LogP contribution < -0.4 is 20.5 Å². The van der Waals surface area contributed by atoms with Crippen molar-refractivity contribution in [3.05, 3.63) is 67.2 Å². The highest BCUT2D eigenvalue weighted by molar-refractivity contribution is 7.19. The average Bonchev–Trinajstić information content (AvgIpc) is 3.23. The smallest absolute Gasteiger partial charge is 0.356 e. The Morgan fingerprint density at radius 2 is 1.79 bits per heavy atom. The molecule has 38 heavy (non-hydrogen) atoms. The van der Waals surface area contributed by atoms with Crippen LogP contribution in [0.5, 0.6) is 0 Å². The second kappa shape index (κ2) is 10.2. The van der Waals surface area contributed by atoms with Crippen molar-refractivity contribution in [2.24, 2.45) is 0 Å². The van der Waals surface area contributed by atoms with Crippen molar-refractivity contribution in [2.45, 2.75) is 33.7 Å². The first kappa shape index (κ1) is 25.9. The Labute approximate surface area is 227 Å². The summed E-state index contributed by atoms with van der Waals surface area (Å²) in [6.07, 6.45) is 3.61. The number of aromatic carboxylic acids is 1. The number of carboxylic acid groups (broad SMARTS) is 1. The van der Waals surface area contributed by atoms with Crippen molar-refractivity contribution >= 4 is 56.7 Å². The largest absolute Gasteiger partial charge is 0.476 e. The fourth-order valence-electron chi connectivity index (χ4n) is 4.71. The Balaban J connectivity index is 1.46. The molecule has 1 saturated heterocycles. The molecule has 0 radical (unpaired) electrons. The molecule has 0 amide bonds. The third kappa shape index (κ3) is 4.79. The molecule has 10 nitrogen and oxygen atoms in total. The molecular formula is C26H27ClN6O4S. The molecule has 5 rings (SSSR count). The van der Waals surface area contributed by atoms with Crippen LogP contribution in [0.2, 0.25) is 5.15 Å². The van der Waals surface area contributed by atoms with Crippen LogP contribution in [0.4, 0.5) is 17.5 Å². The first-order chi connectivity index (χ1) is 18.1. The van der Waals surface area contributed by atoms with Gasteiger partial charge >= 0.3 is 5.97 Å². The van der Waals surface area contributed by atoms with E-state index in [1.807, 2.05) is 20.8 Å². The monoisotopic (exact) mass is 554 g/mol. The molecule has 2 N–H and O–H groups in total. The fraction of sp³-hybridized carbons (Fsp3) is 0.346. The first-order valence-electron chi connectivity index (χ1n) is 12.2. The third-order valence-electron chi connectivity index (χ3n) is 6.64. The van der Waals surface area contributed by atoms with Crippen LogP contribution in [-0.2, 0) is 0 Å². The molecule has 1 unspecified atom stereocenters. The van der Waals surface area contributed by atoms with Gasteiger partial charge in [0.15, 0.2) is 11.3 Å². The van der Waals surface area contributed by atoms with Crippen LogP contribution in [0, 0.1) is 20.8 Å². The predicted octanol–water partition coefficient (Wildman–Crippen LogP) is 4.82. The van der Waals surface area contributed by atoms with Crippen molar-refractivity contribution in [1.82, 2.24) is 15.0 Å². The van der Waals surface area contributed by atoms with Crippen molar-refractivity contribution < 1.29 is 14.3 Å². The minimum atomic E-state index is -1.19. The number of fused-ring (bicyclic) bond motifs is 1. The minimum absolute atomic E-state index is 0.0588. The van der Waals surface area contributed by atoms with Crippen LogP contribution in [0.15, 0.2) is 33.7 Å². The molecule has 0 aromatic carbocycles. The number of aryl methyl sites for hydroxylation is 2. The highest BCUT2D eigenvalue weighted by atomic mass is 35.5. The number of carboxylic acids is 1. The number of thiophene rings is 1. The van der Waals surface area contributed by atoms with Gasteiger partial charge in [-0.3, -0.25) is 4.79 Å². The zero-order valence-corrected chi connectivity index (χ0v) is 23.0. The molecule has 1 aliphatic rings. The van der Waals surface area contributed by atoms with Gasteiger partial charge in [-0.1, -0.05) is 11.6 Å². The van der Waals surface area contributed by atoms with E-state index in [0.29, 0.717) is 59.5 Å². The lowest BCUT2D eigenvalue weighted by Crippen LogP contribution is -2.47. The number of rotatable bonds is 6. The van der Waals surface area contributed by atoms with Crippen LogP contribution in [0.3, 0.4) is 0 Å². The highest BCUT2D eigenvalue weighted by Gasteiger charge is 2.27. The van der Waals surface area contributed by atoms with Crippen molar-refractivity contribution in [2.75, 3.05) is 41.3 Å². The van der Waals surface area contributed by atoms with Gasteiger partial charge in [0.1, 0.15) is 9.85 Å². The molecule has 12 heteroatoms. The summed E-state index contributed by atoms with van der Waals surface area (Å²) < 4.78 is 7.02. The maximum Gasteiger partial charge on any atom is 0.356 e. The van der Waals surface area contributed by atoms with Gasteiger partial charge in [-0.2, -0.15) is 0 Å². The van der Waals surface area contributed by atoms with Crippen molar-refractivity contribution in [3.8, 4) is 0 Å². The molecule has 4 aromatic heterocycles. The lowest BCUT2D eigenvalue weighted by Gasteiger charge is -2.35. The number of hydrogen-bond acceptors (Lipinski definition) is 10. The van der Waals surface area contributed by atoms with E-state index in [2.05, 4.69) is 30.1 Å². The van der Waals surface area contributed by atoms with Crippen LogP contribution >= 0.6 is 22.9 Å². The Kier molecular flexibility index (Phi) is 6.97. The van der Waals surface area contributed by atoms with E-state index in [1.54, 1.807) is 25.4 Å². The van der Waals surface area contributed by atoms with Gasteiger partial charge in [0.25, 0.3) is 0 Å². The summed E-state index contributed by atoms with van der Waals surface area (Å²) in [5, 5.41) is 12.9. The third-order valence-corrected chi connectivity index (χ3v) is 7.95. The molecule has 198 valence electrons. The average molecular weight is 555 g/mol. The number of piperazine rings is 1. The maximum atomic E-state index is 13.4. The summed E-state index contributed by atoms with van der Waals surface area (Å²) in [6, 6.07) is 2.76. The second-order valence-corrected chi connectivity index (χ2v) is 10.9. The highest BCUT2D eigenvalue weighted by Crippen LogP contribution is 2.38. The number of hydrogen-bond donors (Lipinski definition) is 2. The fourth-order valence-corrected chi connectivity index (χ4v) is 6.03. The molecule has 0 saturated carbocycles. The molecule has 0 bridgehead atoms. The summed E-state index contributed by atoms with van der Waals surface area (Å²) in [4.78, 5) is 43.0. The summed E-state index contributed by atoms with van der Waals surface area (Å²) in [5.41, 5.74) is 3.00. The predicted molar refractivity (Wildman–Crippen MR) is 149 cm³/mol. The molecular weight excluding hydrogens is 528 g/mol. The van der Waals surface area contributed by atoms with Gasteiger partial charge in [0.2, 0.25) is 17.3 Å². The van der Waals surface area contributed by atoms with Gasteiger partial charge in [0.05, 0.1) is 17.3 Å². The summed E-state index contributed by atoms with van der Waals surface area (Å²) in [5.74, 6) is 0.0586. The zero-order chi connectivity index (χ0) is 27.1. The van der Waals surface area contributed by atoms with Crippen molar-refractivity contribution in [1.29, 1.82) is 0 Å². The van der Waals surface area contributed by atoms with Crippen LogP contribution in [0.1, 0.15) is 45.0 Å². The molecule has 4 aromatic rings. The lowest BCUT2D eigenvalue weighted by molar-refractivity contribution is 0.0691. The van der Waals surface area contributed by atoms with Gasteiger partial charge in [-0.15, -0.1) is 11.3 Å². The molecule has 1 atom stereocenters. The Hall–Kier alpha value is -3.70. The number of carbonyl (C=O) groups is 1.